The zero-order valence-electron chi connectivity index (χ0n) is 13.2. The second kappa shape index (κ2) is 7.02. The van der Waals surface area contributed by atoms with E-state index >= 15 is 0 Å². The fourth-order valence-corrected chi connectivity index (χ4v) is 2.17. The maximum absolute atomic E-state index is 5.59. The Hall–Kier alpha value is -2.16. The van der Waals surface area contributed by atoms with Gasteiger partial charge in [-0.05, 0) is 49.6 Å². The fourth-order valence-electron chi connectivity index (χ4n) is 2.17. The molecule has 0 fully saturated rings. The van der Waals surface area contributed by atoms with E-state index in [2.05, 4.69) is 37.4 Å². The van der Waals surface area contributed by atoms with Gasteiger partial charge in [0.2, 0.25) is 0 Å². The summed E-state index contributed by atoms with van der Waals surface area (Å²) in [4.78, 5) is 0. The lowest BCUT2D eigenvalue weighted by molar-refractivity contribution is 0.311. The van der Waals surface area contributed by atoms with E-state index in [0.29, 0.717) is 6.61 Å². The van der Waals surface area contributed by atoms with Crippen LogP contribution in [0.2, 0.25) is 0 Å². The highest BCUT2D eigenvalue weighted by Crippen LogP contribution is 2.30. The lowest BCUT2D eigenvalue weighted by atomic mass is 10.1. The minimum Gasteiger partial charge on any atom is -0.493 e. The van der Waals surface area contributed by atoms with E-state index in [1.54, 1.807) is 7.11 Å². The Kier molecular flexibility index (Phi) is 5.09. The fraction of sp³-hybridized carbons (Fsp3) is 0.333. The van der Waals surface area contributed by atoms with Gasteiger partial charge in [0.1, 0.15) is 0 Å². The quantitative estimate of drug-likeness (QED) is 0.857. The van der Waals surface area contributed by atoms with Gasteiger partial charge in [-0.3, -0.25) is 0 Å². The van der Waals surface area contributed by atoms with Gasteiger partial charge in [0, 0.05) is 18.3 Å². The number of benzene rings is 2. The molecular weight excluding hydrogens is 262 g/mol. The summed E-state index contributed by atoms with van der Waals surface area (Å²) in [6.07, 6.45) is 0. The first-order valence-corrected chi connectivity index (χ1v) is 7.25. The SMILES string of the molecule is CCOc1cc(NCc2ccc(C)c(C)c2)ccc1OC. The molecule has 0 aliphatic heterocycles. The molecule has 0 spiro atoms. The first kappa shape index (κ1) is 15.2. The summed E-state index contributed by atoms with van der Waals surface area (Å²) < 4.78 is 10.9. The van der Waals surface area contributed by atoms with Crippen LogP contribution in [-0.4, -0.2) is 13.7 Å². The molecule has 0 aliphatic rings. The Balaban J connectivity index is 2.08. The summed E-state index contributed by atoms with van der Waals surface area (Å²) in [7, 11) is 1.65. The largest absolute Gasteiger partial charge is 0.493 e. The molecule has 3 nitrogen and oxygen atoms in total. The number of rotatable bonds is 6. The van der Waals surface area contributed by atoms with Crippen molar-refractivity contribution in [3.63, 3.8) is 0 Å². The van der Waals surface area contributed by atoms with Gasteiger partial charge in [0.25, 0.3) is 0 Å². The average Bonchev–Trinajstić information content (AvgIpc) is 2.49. The summed E-state index contributed by atoms with van der Waals surface area (Å²) in [6, 6.07) is 12.4. The zero-order chi connectivity index (χ0) is 15.2. The molecule has 0 amide bonds. The van der Waals surface area contributed by atoms with Crippen molar-refractivity contribution in [3.8, 4) is 11.5 Å². The minimum atomic E-state index is 0.622. The van der Waals surface area contributed by atoms with Gasteiger partial charge in [-0.1, -0.05) is 18.2 Å². The lowest BCUT2D eigenvalue weighted by Crippen LogP contribution is -2.01. The number of hydrogen-bond donors (Lipinski definition) is 1. The Labute approximate surface area is 126 Å². The predicted molar refractivity (Wildman–Crippen MR) is 87.4 cm³/mol. The topological polar surface area (TPSA) is 30.5 Å². The number of anilines is 1. The van der Waals surface area contributed by atoms with Crippen molar-refractivity contribution >= 4 is 5.69 Å². The molecule has 2 aromatic rings. The van der Waals surface area contributed by atoms with Crippen LogP contribution in [0, 0.1) is 13.8 Å². The molecule has 0 aromatic heterocycles. The van der Waals surface area contributed by atoms with Crippen molar-refractivity contribution in [2.75, 3.05) is 19.0 Å². The summed E-state index contributed by atoms with van der Waals surface area (Å²) in [5.41, 5.74) is 4.94. The number of ether oxygens (including phenoxy) is 2. The molecule has 2 aromatic carbocycles. The molecule has 0 atom stereocenters. The first-order chi connectivity index (χ1) is 10.1. The van der Waals surface area contributed by atoms with Crippen LogP contribution in [0.25, 0.3) is 0 Å². The van der Waals surface area contributed by atoms with E-state index in [9.17, 15) is 0 Å². The Morgan fingerprint density at radius 2 is 1.76 bits per heavy atom. The molecule has 0 aliphatic carbocycles. The molecule has 0 saturated heterocycles. The van der Waals surface area contributed by atoms with Gasteiger partial charge >= 0.3 is 0 Å². The first-order valence-electron chi connectivity index (χ1n) is 7.25. The van der Waals surface area contributed by atoms with E-state index in [-0.39, 0.29) is 0 Å². The standard InChI is InChI=1S/C18H23NO2/c1-5-21-18-11-16(8-9-17(18)20-4)19-12-15-7-6-13(2)14(3)10-15/h6-11,19H,5,12H2,1-4H3. The zero-order valence-corrected chi connectivity index (χ0v) is 13.2. The number of methoxy groups -OCH3 is 1. The monoisotopic (exact) mass is 285 g/mol. The third-order valence-corrected chi connectivity index (χ3v) is 3.53. The van der Waals surface area contributed by atoms with Crippen LogP contribution in [0.15, 0.2) is 36.4 Å². The number of aryl methyl sites for hydroxylation is 2. The van der Waals surface area contributed by atoms with Crippen LogP contribution in [0.4, 0.5) is 5.69 Å². The number of hydrogen-bond acceptors (Lipinski definition) is 3. The van der Waals surface area contributed by atoms with Crippen molar-refractivity contribution in [1.82, 2.24) is 0 Å². The third kappa shape index (κ3) is 3.91. The molecule has 0 unspecified atom stereocenters. The van der Waals surface area contributed by atoms with Crippen LogP contribution in [-0.2, 0) is 6.54 Å². The van der Waals surface area contributed by atoms with E-state index in [1.165, 1.54) is 16.7 Å². The van der Waals surface area contributed by atoms with E-state index in [4.69, 9.17) is 9.47 Å². The highest BCUT2D eigenvalue weighted by Gasteiger charge is 2.05. The highest BCUT2D eigenvalue weighted by atomic mass is 16.5. The molecule has 0 heterocycles. The molecular formula is C18H23NO2. The van der Waals surface area contributed by atoms with Gasteiger partial charge in [-0.2, -0.15) is 0 Å². The lowest BCUT2D eigenvalue weighted by Gasteiger charge is -2.13. The van der Waals surface area contributed by atoms with E-state index < -0.39 is 0 Å². The van der Waals surface area contributed by atoms with Crippen molar-refractivity contribution in [2.24, 2.45) is 0 Å². The van der Waals surface area contributed by atoms with Crippen LogP contribution in [0.3, 0.4) is 0 Å². The Morgan fingerprint density at radius 3 is 2.43 bits per heavy atom. The second-order valence-electron chi connectivity index (χ2n) is 5.07. The highest BCUT2D eigenvalue weighted by molar-refractivity contribution is 5.55. The van der Waals surface area contributed by atoms with Crippen LogP contribution in [0.5, 0.6) is 11.5 Å². The smallest absolute Gasteiger partial charge is 0.163 e. The molecule has 1 N–H and O–H groups in total. The van der Waals surface area contributed by atoms with Gasteiger partial charge in [-0.15, -0.1) is 0 Å². The maximum Gasteiger partial charge on any atom is 0.163 e. The van der Waals surface area contributed by atoms with Gasteiger partial charge in [-0.25, -0.2) is 0 Å². The molecule has 0 radical (unpaired) electrons. The van der Waals surface area contributed by atoms with Crippen LogP contribution >= 0.6 is 0 Å². The molecule has 0 saturated carbocycles. The van der Waals surface area contributed by atoms with Crippen molar-refractivity contribution < 1.29 is 9.47 Å². The summed E-state index contributed by atoms with van der Waals surface area (Å²) >= 11 is 0. The van der Waals surface area contributed by atoms with Crippen molar-refractivity contribution in [1.29, 1.82) is 0 Å². The number of nitrogens with one attached hydrogen (secondary N) is 1. The average molecular weight is 285 g/mol. The normalized spacial score (nSPS) is 10.3. The second-order valence-corrected chi connectivity index (χ2v) is 5.07. The van der Waals surface area contributed by atoms with Crippen molar-refractivity contribution in [2.45, 2.75) is 27.3 Å². The van der Waals surface area contributed by atoms with Crippen LogP contribution < -0.4 is 14.8 Å². The summed E-state index contributed by atoms with van der Waals surface area (Å²) in [5.74, 6) is 1.53. The Bertz CT molecular complexity index is 608. The van der Waals surface area contributed by atoms with Crippen LogP contribution in [0.1, 0.15) is 23.6 Å². The third-order valence-electron chi connectivity index (χ3n) is 3.53. The van der Waals surface area contributed by atoms with Crippen molar-refractivity contribution in [3.05, 3.63) is 53.1 Å². The summed E-state index contributed by atoms with van der Waals surface area (Å²) in [6.45, 7) is 7.65. The summed E-state index contributed by atoms with van der Waals surface area (Å²) in [5, 5.41) is 3.42. The predicted octanol–water partition coefficient (Wildman–Crippen LogP) is 4.32. The molecule has 3 heteroatoms. The van der Waals surface area contributed by atoms with Gasteiger partial charge < -0.3 is 14.8 Å². The van der Waals surface area contributed by atoms with E-state index in [1.807, 2.05) is 25.1 Å². The van der Waals surface area contributed by atoms with Gasteiger partial charge in [0.15, 0.2) is 11.5 Å². The molecule has 21 heavy (non-hydrogen) atoms. The maximum atomic E-state index is 5.59. The Morgan fingerprint density at radius 1 is 0.952 bits per heavy atom. The minimum absolute atomic E-state index is 0.622. The molecule has 2 rings (SSSR count). The van der Waals surface area contributed by atoms with Gasteiger partial charge in [0.05, 0.1) is 13.7 Å². The molecule has 0 bridgehead atoms. The molecule has 112 valence electrons. The van der Waals surface area contributed by atoms with E-state index in [0.717, 1.165) is 23.7 Å².